The van der Waals surface area contributed by atoms with E-state index in [0.717, 1.165) is 18.0 Å². The third-order valence-corrected chi connectivity index (χ3v) is 2.66. The second kappa shape index (κ2) is 7.93. The van der Waals surface area contributed by atoms with Crippen molar-refractivity contribution in [1.82, 2.24) is 4.98 Å². The summed E-state index contributed by atoms with van der Waals surface area (Å²) in [5.74, 6) is 1.58. The van der Waals surface area contributed by atoms with Crippen LogP contribution in [0, 0.1) is 0 Å². The first-order chi connectivity index (χ1) is 8.67. The highest BCUT2D eigenvalue weighted by atomic mass is 16.5. The normalized spacial score (nSPS) is 12.5. The molecule has 0 bridgehead atoms. The molecule has 0 fully saturated rings. The molecule has 0 aliphatic carbocycles. The minimum atomic E-state index is 0.140. The molecule has 4 heteroatoms. The summed E-state index contributed by atoms with van der Waals surface area (Å²) in [6.45, 7) is 6.81. The van der Waals surface area contributed by atoms with Crippen molar-refractivity contribution in [1.29, 1.82) is 0 Å². The summed E-state index contributed by atoms with van der Waals surface area (Å²) in [4.78, 5) is 4.34. The number of anilines is 1. The molecule has 0 aromatic carbocycles. The second-order valence-corrected chi connectivity index (χ2v) is 4.74. The van der Waals surface area contributed by atoms with Gasteiger partial charge in [-0.25, -0.2) is 4.98 Å². The van der Waals surface area contributed by atoms with Gasteiger partial charge < -0.3 is 15.8 Å². The summed E-state index contributed by atoms with van der Waals surface area (Å²) in [5.41, 5.74) is 5.78. The number of nitrogens with zero attached hydrogens (tertiary/aromatic N) is 1. The summed E-state index contributed by atoms with van der Waals surface area (Å²) >= 11 is 0. The van der Waals surface area contributed by atoms with Crippen molar-refractivity contribution in [2.45, 2.75) is 52.2 Å². The van der Waals surface area contributed by atoms with Gasteiger partial charge in [0.05, 0.1) is 6.10 Å². The lowest BCUT2D eigenvalue weighted by Crippen LogP contribution is -2.29. The molecule has 0 aliphatic heterocycles. The fraction of sp³-hybridized carbons (Fsp3) is 0.643. The van der Waals surface area contributed by atoms with Gasteiger partial charge in [-0.05, 0) is 32.4 Å². The minimum Gasteiger partial charge on any atom is -0.487 e. The summed E-state index contributed by atoms with van der Waals surface area (Å²) in [7, 11) is 0. The molecule has 0 saturated heterocycles. The van der Waals surface area contributed by atoms with Gasteiger partial charge in [-0.3, -0.25) is 0 Å². The highest BCUT2D eigenvalue weighted by molar-refractivity contribution is 5.50. The minimum absolute atomic E-state index is 0.140. The standard InChI is InChI=1S/C14H25N3O/c1-4-5-7-12(10-15)17-14-13(18-11(2)3)8-6-9-16-14/h6,8-9,11-12H,4-5,7,10,15H2,1-3H3,(H,16,17). The van der Waals surface area contributed by atoms with Crippen LogP contribution in [0.15, 0.2) is 18.3 Å². The molecule has 1 aromatic heterocycles. The van der Waals surface area contributed by atoms with E-state index in [4.69, 9.17) is 10.5 Å². The maximum Gasteiger partial charge on any atom is 0.169 e. The van der Waals surface area contributed by atoms with Crippen LogP contribution in [0.3, 0.4) is 0 Å². The van der Waals surface area contributed by atoms with Crippen molar-refractivity contribution < 1.29 is 4.74 Å². The Morgan fingerprint density at radius 1 is 1.44 bits per heavy atom. The van der Waals surface area contributed by atoms with E-state index in [1.54, 1.807) is 6.20 Å². The highest BCUT2D eigenvalue weighted by Gasteiger charge is 2.11. The molecule has 0 amide bonds. The van der Waals surface area contributed by atoms with Crippen LogP contribution >= 0.6 is 0 Å². The van der Waals surface area contributed by atoms with Gasteiger partial charge in [0, 0.05) is 18.8 Å². The Morgan fingerprint density at radius 2 is 2.22 bits per heavy atom. The summed E-state index contributed by atoms with van der Waals surface area (Å²) in [5, 5.41) is 3.38. The van der Waals surface area contributed by atoms with Gasteiger partial charge in [0.1, 0.15) is 0 Å². The third kappa shape index (κ3) is 4.92. The lowest BCUT2D eigenvalue weighted by molar-refractivity contribution is 0.242. The van der Waals surface area contributed by atoms with Crippen molar-refractivity contribution >= 4 is 5.82 Å². The number of nitrogens with one attached hydrogen (secondary N) is 1. The Hall–Kier alpha value is -1.29. The Labute approximate surface area is 110 Å². The van der Waals surface area contributed by atoms with Gasteiger partial charge in [0.15, 0.2) is 11.6 Å². The number of hydrogen-bond acceptors (Lipinski definition) is 4. The van der Waals surface area contributed by atoms with Crippen LogP contribution in [0.25, 0.3) is 0 Å². The van der Waals surface area contributed by atoms with Crippen molar-refractivity contribution in [2.24, 2.45) is 5.73 Å². The molecular weight excluding hydrogens is 226 g/mol. The van der Waals surface area contributed by atoms with E-state index in [2.05, 4.69) is 17.2 Å². The summed E-state index contributed by atoms with van der Waals surface area (Å²) in [6.07, 6.45) is 5.31. The largest absolute Gasteiger partial charge is 0.487 e. The average molecular weight is 251 g/mol. The number of hydrogen-bond donors (Lipinski definition) is 2. The van der Waals surface area contributed by atoms with Crippen LogP contribution < -0.4 is 15.8 Å². The molecule has 102 valence electrons. The fourth-order valence-corrected chi connectivity index (χ4v) is 1.74. The molecule has 3 N–H and O–H groups in total. The lowest BCUT2D eigenvalue weighted by Gasteiger charge is -2.20. The summed E-state index contributed by atoms with van der Waals surface area (Å²) < 4.78 is 5.73. The van der Waals surface area contributed by atoms with E-state index >= 15 is 0 Å². The smallest absolute Gasteiger partial charge is 0.169 e. The van der Waals surface area contributed by atoms with Gasteiger partial charge >= 0.3 is 0 Å². The zero-order valence-corrected chi connectivity index (χ0v) is 11.6. The van der Waals surface area contributed by atoms with Crippen molar-refractivity contribution in [2.75, 3.05) is 11.9 Å². The number of rotatable bonds is 8. The second-order valence-electron chi connectivity index (χ2n) is 4.74. The van der Waals surface area contributed by atoms with Gasteiger partial charge in [-0.1, -0.05) is 19.8 Å². The molecule has 1 unspecified atom stereocenters. The third-order valence-electron chi connectivity index (χ3n) is 2.66. The van der Waals surface area contributed by atoms with Crippen LogP contribution in [0.1, 0.15) is 40.0 Å². The van der Waals surface area contributed by atoms with E-state index in [1.807, 2.05) is 26.0 Å². The van der Waals surface area contributed by atoms with E-state index in [0.29, 0.717) is 6.54 Å². The van der Waals surface area contributed by atoms with Crippen molar-refractivity contribution in [3.05, 3.63) is 18.3 Å². The number of aromatic nitrogens is 1. The van der Waals surface area contributed by atoms with E-state index in [9.17, 15) is 0 Å². The monoisotopic (exact) mass is 251 g/mol. The van der Waals surface area contributed by atoms with E-state index < -0.39 is 0 Å². The van der Waals surface area contributed by atoms with Crippen LogP contribution in [0.2, 0.25) is 0 Å². The zero-order valence-electron chi connectivity index (χ0n) is 11.6. The number of nitrogens with two attached hydrogens (primary N) is 1. The SMILES string of the molecule is CCCCC(CN)Nc1ncccc1OC(C)C. The molecule has 18 heavy (non-hydrogen) atoms. The van der Waals surface area contributed by atoms with Crippen molar-refractivity contribution in [3.63, 3.8) is 0 Å². The number of unbranched alkanes of at least 4 members (excludes halogenated alkanes) is 1. The molecule has 1 atom stereocenters. The molecule has 0 aliphatic rings. The number of pyridine rings is 1. The molecule has 1 heterocycles. The van der Waals surface area contributed by atoms with Crippen LogP contribution in [0.5, 0.6) is 5.75 Å². The molecular formula is C14H25N3O. The molecule has 0 saturated carbocycles. The zero-order chi connectivity index (χ0) is 13.4. The first-order valence-corrected chi connectivity index (χ1v) is 6.75. The summed E-state index contributed by atoms with van der Waals surface area (Å²) in [6, 6.07) is 4.07. The maximum absolute atomic E-state index is 5.78. The first kappa shape index (κ1) is 14.8. The van der Waals surface area contributed by atoms with Gasteiger partial charge in [-0.15, -0.1) is 0 Å². The predicted octanol–water partition coefficient (Wildman–Crippen LogP) is 2.80. The topological polar surface area (TPSA) is 60.2 Å². The first-order valence-electron chi connectivity index (χ1n) is 6.75. The predicted molar refractivity (Wildman–Crippen MR) is 76.0 cm³/mol. The van der Waals surface area contributed by atoms with Gasteiger partial charge in [-0.2, -0.15) is 0 Å². The van der Waals surface area contributed by atoms with E-state index in [1.165, 1.54) is 12.8 Å². The average Bonchev–Trinajstić information content (AvgIpc) is 2.35. The molecule has 4 nitrogen and oxygen atoms in total. The van der Waals surface area contributed by atoms with E-state index in [-0.39, 0.29) is 12.1 Å². The van der Waals surface area contributed by atoms with Gasteiger partial charge in [0.25, 0.3) is 0 Å². The molecule has 1 rings (SSSR count). The van der Waals surface area contributed by atoms with Crippen molar-refractivity contribution in [3.8, 4) is 5.75 Å². The Kier molecular flexibility index (Phi) is 6.50. The maximum atomic E-state index is 5.78. The van der Waals surface area contributed by atoms with Crippen LogP contribution in [-0.4, -0.2) is 23.7 Å². The van der Waals surface area contributed by atoms with Gasteiger partial charge in [0.2, 0.25) is 0 Å². The fourth-order valence-electron chi connectivity index (χ4n) is 1.74. The van der Waals surface area contributed by atoms with Crippen LogP contribution in [0.4, 0.5) is 5.82 Å². The molecule has 0 spiro atoms. The molecule has 1 aromatic rings. The Balaban J connectivity index is 2.69. The number of ether oxygens (including phenoxy) is 1. The Morgan fingerprint density at radius 3 is 2.83 bits per heavy atom. The lowest BCUT2D eigenvalue weighted by atomic mass is 10.1. The van der Waals surface area contributed by atoms with Crippen LogP contribution in [-0.2, 0) is 0 Å². The Bertz CT molecular complexity index is 342. The highest BCUT2D eigenvalue weighted by Crippen LogP contribution is 2.23. The molecule has 0 radical (unpaired) electrons. The quantitative estimate of drug-likeness (QED) is 0.746.